The molecule has 0 amide bonds. The lowest BCUT2D eigenvalue weighted by Gasteiger charge is -2.33. The highest BCUT2D eigenvalue weighted by atomic mass is 16.5. The summed E-state index contributed by atoms with van der Waals surface area (Å²) in [6, 6.07) is 3.43. The largest absolute Gasteiger partial charge is 0.481 e. The summed E-state index contributed by atoms with van der Waals surface area (Å²) in [6.45, 7) is 1.57. The molecule has 1 aromatic rings. The first kappa shape index (κ1) is 15.3. The third-order valence-electron chi connectivity index (χ3n) is 3.87. The zero-order chi connectivity index (χ0) is 15.2. The number of piperidine rings is 1. The Morgan fingerprint density at radius 2 is 2.14 bits per heavy atom. The highest BCUT2D eigenvalue weighted by Gasteiger charge is 2.24. The maximum absolute atomic E-state index is 11.8. The van der Waals surface area contributed by atoms with Crippen molar-refractivity contribution in [2.45, 2.75) is 25.7 Å². The van der Waals surface area contributed by atoms with Crippen LogP contribution in [0.5, 0.6) is 0 Å². The van der Waals surface area contributed by atoms with Crippen LogP contribution in [0, 0.1) is 5.92 Å². The van der Waals surface area contributed by atoms with Crippen LogP contribution in [0.15, 0.2) is 18.3 Å². The van der Waals surface area contributed by atoms with E-state index in [0.29, 0.717) is 17.3 Å². The van der Waals surface area contributed by atoms with Gasteiger partial charge in [-0.15, -0.1) is 0 Å². The molecule has 1 aromatic heterocycles. The van der Waals surface area contributed by atoms with Gasteiger partial charge in [0.1, 0.15) is 11.4 Å². The summed E-state index contributed by atoms with van der Waals surface area (Å²) in [5.41, 5.74) is 0.476. The molecule has 0 spiro atoms. The molecular formula is C15H20N2O4. The lowest BCUT2D eigenvalue weighted by Crippen LogP contribution is -2.35. The van der Waals surface area contributed by atoms with E-state index in [9.17, 15) is 9.59 Å². The fraction of sp³-hybridized carbons (Fsp3) is 0.533. The van der Waals surface area contributed by atoms with E-state index in [-0.39, 0.29) is 12.4 Å². The van der Waals surface area contributed by atoms with Crippen molar-refractivity contribution < 1.29 is 19.4 Å². The molecule has 1 N–H and O–H groups in total. The minimum absolute atomic E-state index is 0.224. The van der Waals surface area contributed by atoms with Crippen molar-refractivity contribution in [3.05, 3.63) is 23.9 Å². The first-order valence-electron chi connectivity index (χ1n) is 7.12. The minimum Gasteiger partial charge on any atom is -0.481 e. The number of carbonyl (C=O) groups is 2. The zero-order valence-corrected chi connectivity index (χ0v) is 12.1. The monoisotopic (exact) mass is 292 g/mol. The second kappa shape index (κ2) is 7.06. The van der Waals surface area contributed by atoms with Gasteiger partial charge in [0.15, 0.2) is 0 Å². The van der Waals surface area contributed by atoms with Crippen molar-refractivity contribution in [3.8, 4) is 0 Å². The molecule has 1 fully saturated rings. The third-order valence-corrected chi connectivity index (χ3v) is 3.87. The number of aromatic nitrogens is 1. The number of nitrogens with zero attached hydrogens (tertiary/aromatic N) is 2. The van der Waals surface area contributed by atoms with E-state index in [4.69, 9.17) is 9.84 Å². The first-order chi connectivity index (χ1) is 10.1. The van der Waals surface area contributed by atoms with Crippen LogP contribution in [-0.4, -0.2) is 42.2 Å². The van der Waals surface area contributed by atoms with Crippen LogP contribution >= 0.6 is 0 Å². The number of anilines is 1. The van der Waals surface area contributed by atoms with Crippen molar-refractivity contribution in [2.24, 2.45) is 5.92 Å². The Kier molecular flexibility index (Phi) is 5.14. The second-order valence-corrected chi connectivity index (χ2v) is 5.23. The Labute approximate surface area is 123 Å². The Balaban J connectivity index is 1.99. The quantitative estimate of drug-likeness (QED) is 0.836. The molecule has 0 aliphatic carbocycles. The van der Waals surface area contributed by atoms with Crippen molar-refractivity contribution in [1.29, 1.82) is 0 Å². The van der Waals surface area contributed by atoms with Gasteiger partial charge in [0.05, 0.1) is 7.11 Å². The predicted octanol–water partition coefficient (Wildman–Crippen LogP) is 1.95. The molecule has 6 heteroatoms. The molecule has 1 aliphatic rings. The van der Waals surface area contributed by atoms with Gasteiger partial charge < -0.3 is 14.7 Å². The molecule has 0 aromatic carbocycles. The van der Waals surface area contributed by atoms with E-state index in [1.807, 2.05) is 0 Å². The van der Waals surface area contributed by atoms with E-state index < -0.39 is 5.97 Å². The highest BCUT2D eigenvalue weighted by molar-refractivity contribution is 5.94. The van der Waals surface area contributed by atoms with Crippen LogP contribution < -0.4 is 4.90 Å². The first-order valence-corrected chi connectivity index (χ1v) is 7.12. The van der Waals surface area contributed by atoms with Gasteiger partial charge in [-0.3, -0.25) is 4.79 Å². The fourth-order valence-electron chi connectivity index (χ4n) is 2.68. The number of hydrogen-bond acceptors (Lipinski definition) is 5. The summed E-state index contributed by atoms with van der Waals surface area (Å²) < 4.78 is 4.78. The van der Waals surface area contributed by atoms with Gasteiger partial charge in [-0.05, 0) is 37.3 Å². The van der Waals surface area contributed by atoms with E-state index in [1.165, 1.54) is 7.11 Å². The number of ether oxygens (including phenoxy) is 1. The standard InChI is InChI=1S/C15H20N2O4/c1-21-15(20)12-3-2-8-16-14(12)17-9-6-11(7-10-17)4-5-13(18)19/h2-3,8,11H,4-7,9-10H2,1H3,(H,18,19). The van der Waals surface area contributed by atoms with Crippen LogP contribution in [0.1, 0.15) is 36.0 Å². The molecule has 0 radical (unpaired) electrons. The van der Waals surface area contributed by atoms with Gasteiger partial charge in [0, 0.05) is 25.7 Å². The Hall–Kier alpha value is -2.11. The number of hydrogen-bond donors (Lipinski definition) is 1. The lowest BCUT2D eigenvalue weighted by molar-refractivity contribution is -0.137. The van der Waals surface area contributed by atoms with Gasteiger partial charge >= 0.3 is 11.9 Å². The molecule has 2 heterocycles. The fourth-order valence-corrected chi connectivity index (χ4v) is 2.68. The van der Waals surface area contributed by atoms with Crippen LogP contribution in [0.4, 0.5) is 5.82 Å². The highest BCUT2D eigenvalue weighted by Crippen LogP contribution is 2.27. The minimum atomic E-state index is -0.741. The van der Waals surface area contributed by atoms with Crippen LogP contribution in [-0.2, 0) is 9.53 Å². The maximum Gasteiger partial charge on any atom is 0.341 e. The predicted molar refractivity (Wildman–Crippen MR) is 77.4 cm³/mol. The molecule has 1 saturated heterocycles. The van der Waals surface area contributed by atoms with Gasteiger partial charge in [-0.2, -0.15) is 0 Å². The summed E-state index contributed by atoms with van der Waals surface area (Å²) in [5.74, 6) is -0.0371. The normalized spacial score (nSPS) is 15.8. The second-order valence-electron chi connectivity index (χ2n) is 5.23. The van der Waals surface area contributed by atoms with E-state index in [0.717, 1.165) is 32.4 Å². The summed E-state index contributed by atoms with van der Waals surface area (Å²) in [4.78, 5) is 28.7. The topological polar surface area (TPSA) is 79.7 Å². The molecular weight excluding hydrogens is 272 g/mol. The number of carboxylic acid groups (broad SMARTS) is 1. The average molecular weight is 292 g/mol. The summed E-state index contributed by atoms with van der Waals surface area (Å²) in [6.07, 6.45) is 4.45. The summed E-state index contributed by atoms with van der Waals surface area (Å²) >= 11 is 0. The Morgan fingerprint density at radius 1 is 1.43 bits per heavy atom. The summed E-state index contributed by atoms with van der Waals surface area (Å²) in [7, 11) is 1.36. The Morgan fingerprint density at radius 3 is 2.76 bits per heavy atom. The molecule has 6 nitrogen and oxygen atoms in total. The number of pyridine rings is 1. The van der Waals surface area contributed by atoms with Gasteiger partial charge in [-0.1, -0.05) is 0 Å². The maximum atomic E-state index is 11.8. The lowest BCUT2D eigenvalue weighted by atomic mass is 9.92. The van der Waals surface area contributed by atoms with Gasteiger partial charge in [0.2, 0.25) is 0 Å². The number of esters is 1. The van der Waals surface area contributed by atoms with Gasteiger partial charge in [-0.25, -0.2) is 9.78 Å². The van der Waals surface area contributed by atoms with Crippen LogP contribution in [0.3, 0.4) is 0 Å². The molecule has 114 valence electrons. The van der Waals surface area contributed by atoms with E-state index >= 15 is 0 Å². The summed E-state index contributed by atoms with van der Waals surface area (Å²) in [5, 5.41) is 8.73. The SMILES string of the molecule is COC(=O)c1cccnc1N1CCC(CCC(=O)O)CC1. The van der Waals surface area contributed by atoms with Crippen LogP contribution in [0.25, 0.3) is 0 Å². The number of aliphatic carboxylic acids is 1. The van der Waals surface area contributed by atoms with Crippen molar-refractivity contribution in [2.75, 3.05) is 25.1 Å². The molecule has 2 rings (SSSR count). The van der Waals surface area contributed by atoms with Crippen molar-refractivity contribution in [3.63, 3.8) is 0 Å². The molecule has 0 bridgehead atoms. The molecule has 21 heavy (non-hydrogen) atoms. The Bertz CT molecular complexity index is 510. The molecule has 0 unspecified atom stereocenters. The number of carbonyl (C=O) groups excluding carboxylic acids is 1. The van der Waals surface area contributed by atoms with Gasteiger partial charge in [0.25, 0.3) is 0 Å². The third kappa shape index (κ3) is 3.93. The molecule has 1 aliphatic heterocycles. The number of methoxy groups -OCH3 is 1. The molecule has 0 saturated carbocycles. The average Bonchev–Trinajstić information content (AvgIpc) is 2.52. The zero-order valence-electron chi connectivity index (χ0n) is 12.1. The smallest absolute Gasteiger partial charge is 0.341 e. The number of rotatable bonds is 5. The van der Waals surface area contributed by atoms with Crippen LogP contribution in [0.2, 0.25) is 0 Å². The van der Waals surface area contributed by atoms with E-state index in [2.05, 4.69) is 9.88 Å². The number of carboxylic acids is 1. The van der Waals surface area contributed by atoms with E-state index in [1.54, 1.807) is 18.3 Å². The molecule has 0 atom stereocenters. The van der Waals surface area contributed by atoms with Crippen molar-refractivity contribution >= 4 is 17.8 Å². The van der Waals surface area contributed by atoms with Crippen molar-refractivity contribution in [1.82, 2.24) is 4.98 Å².